The lowest BCUT2D eigenvalue weighted by Crippen LogP contribution is -2.21. The minimum Gasteiger partial charge on any atom is -0.318 e. The van der Waals surface area contributed by atoms with Gasteiger partial charge in [0.25, 0.3) is 11.8 Å². The molecular weight excluding hydrogens is 360 g/mol. The van der Waals surface area contributed by atoms with Crippen LogP contribution in [0.1, 0.15) is 46.1 Å². The highest BCUT2D eigenvalue weighted by molar-refractivity contribution is 6.11. The number of hydrogen-bond acceptors (Lipinski definition) is 5. The van der Waals surface area contributed by atoms with Crippen molar-refractivity contribution in [3.8, 4) is 0 Å². The molecule has 3 rings (SSSR count). The molecule has 0 saturated heterocycles. The van der Waals surface area contributed by atoms with E-state index in [1.807, 2.05) is 20.8 Å². The molecule has 3 aromatic heterocycles. The number of carbonyl (C=O) groups excluding carboxylic acids is 2. The van der Waals surface area contributed by atoms with Crippen molar-refractivity contribution >= 4 is 23.2 Å². The van der Waals surface area contributed by atoms with Gasteiger partial charge in [-0.2, -0.15) is 15.3 Å². The fourth-order valence-corrected chi connectivity index (χ4v) is 2.85. The maximum absolute atomic E-state index is 12.9. The first-order valence-corrected chi connectivity index (χ1v) is 9.06. The van der Waals surface area contributed by atoms with Crippen LogP contribution in [0.25, 0.3) is 0 Å². The van der Waals surface area contributed by atoms with E-state index >= 15 is 0 Å². The number of amides is 2. The summed E-state index contributed by atoms with van der Waals surface area (Å²) in [5, 5.41) is 18.2. The third-order valence-electron chi connectivity index (χ3n) is 4.60. The van der Waals surface area contributed by atoms with Crippen molar-refractivity contribution < 1.29 is 9.59 Å². The van der Waals surface area contributed by atoms with Crippen LogP contribution < -0.4 is 10.6 Å². The van der Waals surface area contributed by atoms with Crippen LogP contribution >= 0.6 is 0 Å². The molecule has 0 bridgehead atoms. The second-order valence-corrected chi connectivity index (χ2v) is 6.38. The van der Waals surface area contributed by atoms with Crippen molar-refractivity contribution in [2.45, 2.75) is 40.8 Å². The fourth-order valence-electron chi connectivity index (χ4n) is 2.85. The average molecular weight is 384 g/mol. The first kappa shape index (κ1) is 19.3. The molecule has 0 atom stereocenters. The Balaban J connectivity index is 1.87. The highest BCUT2D eigenvalue weighted by atomic mass is 16.2. The van der Waals surface area contributed by atoms with Gasteiger partial charge in [0.15, 0.2) is 0 Å². The Hall–Kier alpha value is -3.43. The molecule has 3 heterocycles. The number of hydrogen-bond donors (Lipinski definition) is 2. The molecule has 10 nitrogen and oxygen atoms in total. The first-order valence-electron chi connectivity index (χ1n) is 9.06. The third-order valence-corrected chi connectivity index (χ3v) is 4.60. The van der Waals surface area contributed by atoms with Crippen LogP contribution in [0.4, 0.5) is 11.4 Å². The number of carbonyl (C=O) groups is 2. The molecule has 0 saturated carbocycles. The van der Waals surface area contributed by atoms with Gasteiger partial charge in [0.2, 0.25) is 0 Å². The molecule has 0 aliphatic carbocycles. The molecule has 0 spiro atoms. The number of anilines is 2. The lowest BCUT2D eigenvalue weighted by Gasteiger charge is -2.09. The van der Waals surface area contributed by atoms with E-state index < -0.39 is 0 Å². The molecule has 0 radical (unpaired) electrons. The minimum absolute atomic E-state index is 0.277. The maximum atomic E-state index is 12.9. The van der Waals surface area contributed by atoms with Crippen molar-refractivity contribution in [2.24, 2.45) is 7.05 Å². The zero-order valence-electron chi connectivity index (χ0n) is 16.6. The molecule has 10 heteroatoms. The molecule has 2 amide bonds. The minimum atomic E-state index is -0.369. The Labute approximate surface area is 162 Å². The molecule has 2 N–H and O–H groups in total. The Morgan fingerprint density at radius 1 is 1.00 bits per heavy atom. The van der Waals surface area contributed by atoms with Gasteiger partial charge in [-0.15, -0.1) is 0 Å². The second kappa shape index (κ2) is 7.67. The summed E-state index contributed by atoms with van der Waals surface area (Å²) >= 11 is 0. The van der Waals surface area contributed by atoms with Crippen molar-refractivity contribution in [3.05, 3.63) is 41.2 Å². The van der Waals surface area contributed by atoms with Crippen LogP contribution in [0.15, 0.2) is 18.6 Å². The van der Waals surface area contributed by atoms with Crippen LogP contribution in [0, 0.1) is 13.8 Å². The van der Waals surface area contributed by atoms with Gasteiger partial charge in [-0.1, -0.05) is 0 Å². The van der Waals surface area contributed by atoms with E-state index in [4.69, 9.17) is 0 Å². The van der Waals surface area contributed by atoms with E-state index in [0.717, 1.165) is 5.69 Å². The number of nitrogens with one attached hydrogen (secondary N) is 2. The predicted octanol–water partition coefficient (Wildman–Crippen LogP) is 1.97. The molecule has 28 heavy (non-hydrogen) atoms. The lowest BCUT2D eigenvalue weighted by atomic mass is 10.2. The zero-order chi connectivity index (χ0) is 20.4. The van der Waals surface area contributed by atoms with Crippen molar-refractivity contribution in [2.75, 3.05) is 10.6 Å². The van der Waals surface area contributed by atoms with Gasteiger partial charge < -0.3 is 10.6 Å². The molecular formula is C18H24N8O2. The largest absolute Gasteiger partial charge is 0.318 e. The third kappa shape index (κ3) is 3.53. The van der Waals surface area contributed by atoms with E-state index in [1.54, 1.807) is 40.4 Å². The topological polar surface area (TPSA) is 112 Å². The monoisotopic (exact) mass is 384 g/mol. The van der Waals surface area contributed by atoms with Crippen molar-refractivity contribution in [1.29, 1.82) is 0 Å². The number of nitrogens with zero attached hydrogens (tertiary/aromatic N) is 6. The van der Waals surface area contributed by atoms with Crippen LogP contribution in [0.2, 0.25) is 0 Å². The zero-order valence-corrected chi connectivity index (χ0v) is 16.6. The Morgan fingerprint density at radius 3 is 2.25 bits per heavy atom. The quantitative estimate of drug-likeness (QED) is 0.675. The van der Waals surface area contributed by atoms with Crippen LogP contribution in [0.5, 0.6) is 0 Å². The smallest absolute Gasteiger partial charge is 0.276 e. The molecule has 0 aromatic carbocycles. The predicted molar refractivity (Wildman–Crippen MR) is 104 cm³/mol. The van der Waals surface area contributed by atoms with Gasteiger partial charge in [0, 0.05) is 26.3 Å². The Bertz CT molecular complexity index is 1030. The van der Waals surface area contributed by atoms with Gasteiger partial charge in [-0.3, -0.25) is 23.6 Å². The summed E-state index contributed by atoms with van der Waals surface area (Å²) in [6.45, 7) is 8.60. The van der Waals surface area contributed by atoms with Gasteiger partial charge >= 0.3 is 0 Å². The molecule has 0 unspecified atom stereocenters. The standard InChI is InChI=1S/C18H24N8O2/c1-6-25-10-13(11(3)23-25)17(27)22-15-9-20-26(7-2)16(15)18(28)21-14-8-19-24(5)12(14)4/h8-10H,6-7H2,1-5H3,(H,21,28)(H,22,27). The van der Waals surface area contributed by atoms with Gasteiger partial charge in [0.1, 0.15) is 5.69 Å². The molecule has 148 valence electrons. The summed E-state index contributed by atoms with van der Waals surface area (Å²) in [7, 11) is 1.80. The summed E-state index contributed by atoms with van der Waals surface area (Å²) in [5.41, 5.74) is 3.13. The summed E-state index contributed by atoms with van der Waals surface area (Å²) < 4.78 is 4.90. The first-order chi connectivity index (χ1) is 13.3. The van der Waals surface area contributed by atoms with Gasteiger partial charge in [-0.05, 0) is 27.7 Å². The van der Waals surface area contributed by atoms with E-state index in [2.05, 4.69) is 25.9 Å². The SMILES string of the molecule is CCn1cc(C(=O)Nc2cnn(CC)c2C(=O)Nc2cnn(C)c2C)c(C)n1. The Kier molecular flexibility index (Phi) is 5.30. The Morgan fingerprint density at radius 2 is 1.68 bits per heavy atom. The maximum Gasteiger partial charge on any atom is 0.276 e. The van der Waals surface area contributed by atoms with Crippen LogP contribution in [-0.4, -0.2) is 41.2 Å². The summed E-state index contributed by atoms with van der Waals surface area (Å²) in [5.74, 6) is -0.703. The highest BCUT2D eigenvalue weighted by Crippen LogP contribution is 2.20. The van der Waals surface area contributed by atoms with E-state index in [9.17, 15) is 9.59 Å². The summed E-state index contributed by atoms with van der Waals surface area (Å²) in [6.07, 6.45) is 4.75. The van der Waals surface area contributed by atoms with Crippen molar-refractivity contribution in [1.82, 2.24) is 29.3 Å². The van der Waals surface area contributed by atoms with Gasteiger partial charge in [0.05, 0.1) is 40.7 Å². The van der Waals surface area contributed by atoms with Crippen molar-refractivity contribution in [3.63, 3.8) is 0 Å². The molecule has 0 aliphatic rings. The summed E-state index contributed by atoms with van der Waals surface area (Å²) in [4.78, 5) is 25.6. The number of aromatic nitrogens is 6. The molecule has 3 aromatic rings. The second-order valence-electron chi connectivity index (χ2n) is 6.38. The van der Waals surface area contributed by atoms with E-state index in [0.29, 0.717) is 35.7 Å². The number of aryl methyl sites for hydroxylation is 4. The average Bonchev–Trinajstić information content (AvgIpc) is 3.34. The fraction of sp³-hybridized carbons (Fsp3) is 0.389. The van der Waals surface area contributed by atoms with E-state index in [-0.39, 0.29) is 17.5 Å². The lowest BCUT2D eigenvalue weighted by molar-refractivity contribution is 0.101. The molecule has 0 aliphatic heterocycles. The highest BCUT2D eigenvalue weighted by Gasteiger charge is 2.22. The van der Waals surface area contributed by atoms with E-state index in [1.165, 1.54) is 6.20 Å². The van der Waals surface area contributed by atoms with Crippen LogP contribution in [0.3, 0.4) is 0 Å². The number of rotatable bonds is 6. The summed E-state index contributed by atoms with van der Waals surface area (Å²) in [6, 6.07) is 0. The van der Waals surface area contributed by atoms with Crippen LogP contribution in [-0.2, 0) is 20.1 Å². The van der Waals surface area contributed by atoms with Gasteiger partial charge in [-0.25, -0.2) is 0 Å². The normalized spacial score (nSPS) is 10.9. The molecule has 0 fully saturated rings.